The van der Waals surface area contributed by atoms with Crippen molar-refractivity contribution < 1.29 is 4.42 Å². The van der Waals surface area contributed by atoms with Crippen LogP contribution in [-0.2, 0) is 6.54 Å². The standard InChI is InChI=1S/C25H38N6O.HI/c1-2-26-25(28-19-21-11-12-27-24(18-21)31-15-7-4-8-16-31)29-20-22(23-10-9-17-32-23)30-13-5-3-6-14-30;/h9-12,17-18,22H,2-8,13-16,19-20H2,1H3,(H2,26,28,29);1H. The van der Waals surface area contributed by atoms with E-state index in [0.29, 0.717) is 6.54 Å². The van der Waals surface area contributed by atoms with Crippen molar-refractivity contribution in [2.24, 2.45) is 4.99 Å². The number of guanidine groups is 1. The van der Waals surface area contributed by atoms with Gasteiger partial charge in [0, 0.05) is 32.4 Å². The number of hydrogen-bond acceptors (Lipinski definition) is 5. The smallest absolute Gasteiger partial charge is 0.191 e. The van der Waals surface area contributed by atoms with Gasteiger partial charge in [-0.3, -0.25) is 4.90 Å². The van der Waals surface area contributed by atoms with E-state index >= 15 is 0 Å². The Balaban J connectivity index is 0.00000306. The molecule has 2 fully saturated rings. The van der Waals surface area contributed by atoms with Gasteiger partial charge in [0.2, 0.25) is 0 Å². The lowest BCUT2D eigenvalue weighted by Gasteiger charge is -2.33. The Kier molecular flexibility index (Phi) is 10.8. The van der Waals surface area contributed by atoms with Gasteiger partial charge < -0.3 is 20.0 Å². The minimum atomic E-state index is 0. The highest BCUT2D eigenvalue weighted by molar-refractivity contribution is 14.0. The third-order valence-electron chi connectivity index (χ3n) is 6.42. The van der Waals surface area contributed by atoms with Crippen molar-refractivity contribution >= 4 is 35.8 Å². The van der Waals surface area contributed by atoms with E-state index in [1.54, 1.807) is 6.26 Å². The first-order chi connectivity index (χ1) is 15.8. The monoisotopic (exact) mass is 566 g/mol. The Hall–Kier alpha value is -1.81. The predicted octanol–water partition coefficient (Wildman–Crippen LogP) is 4.57. The highest BCUT2D eigenvalue weighted by Gasteiger charge is 2.24. The Labute approximate surface area is 215 Å². The van der Waals surface area contributed by atoms with Crippen molar-refractivity contribution in [2.75, 3.05) is 44.2 Å². The van der Waals surface area contributed by atoms with E-state index in [1.165, 1.54) is 44.1 Å². The first kappa shape index (κ1) is 25.8. The summed E-state index contributed by atoms with van der Waals surface area (Å²) in [5.41, 5.74) is 1.19. The third-order valence-corrected chi connectivity index (χ3v) is 6.42. The van der Waals surface area contributed by atoms with Gasteiger partial charge >= 0.3 is 0 Å². The van der Waals surface area contributed by atoms with Gasteiger partial charge in [-0.25, -0.2) is 9.98 Å². The fraction of sp³-hybridized carbons (Fsp3) is 0.600. The van der Waals surface area contributed by atoms with Crippen LogP contribution in [-0.4, -0.2) is 55.1 Å². The molecule has 4 heterocycles. The Bertz CT molecular complexity index is 831. The van der Waals surface area contributed by atoms with Gasteiger partial charge in [-0.05, 0) is 81.9 Å². The molecule has 0 bridgehead atoms. The van der Waals surface area contributed by atoms with Gasteiger partial charge in [0.15, 0.2) is 5.96 Å². The van der Waals surface area contributed by atoms with Crippen molar-refractivity contribution in [3.8, 4) is 0 Å². The fourth-order valence-electron chi connectivity index (χ4n) is 4.68. The molecule has 4 rings (SSSR count). The number of pyridine rings is 1. The number of nitrogens with zero attached hydrogens (tertiary/aromatic N) is 4. The zero-order valence-corrected chi connectivity index (χ0v) is 22.2. The van der Waals surface area contributed by atoms with Crippen molar-refractivity contribution in [1.82, 2.24) is 20.5 Å². The Morgan fingerprint density at radius 1 is 1.06 bits per heavy atom. The first-order valence-electron chi connectivity index (χ1n) is 12.3. The number of hydrogen-bond donors (Lipinski definition) is 2. The summed E-state index contributed by atoms with van der Waals surface area (Å²) in [6.07, 6.45) is 11.4. The second-order valence-corrected chi connectivity index (χ2v) is 8.77. The second kappa shape index (κ2) is 13.8. The fourth-order valence-corrected chi connectivity index (χ4v) is 4.68. The molecule has 2 N–H and O–H groups in total. The molecule has 0 spiro atoms. The van der Waals surface area contributed by atoms with Crippen LogP contribution in [0.15, 0.2) is 46.1 Å². The number of aromatic nitrogens is 1. The van der Waals surface area contributed by atoms with Crippen LogP contribution in [0.3, 0.4) is 0 Å². The molecule has 1 unspecified atom stereocenters. The van der Waals surface area contributed by atoms with Gasteiger partial charge in [0.25, 0.3) is 0 Å². The van der Waals surface area contributed by atoms with Gasteiger partial charge in [0.05, 0.1) is 18.8 Å². The molecule has 2 aromatic heterocycles. The highest BCUT2D eigenvalue weighted by atomic mass is 127. The van der Waals surface area contributed by atoms with Crippen LogP contribution in [0, 0.1) is 0 Å². The maximum absolute atomic E-state index is 5.79. The molecular weight excluding hydrogens is 527 g/mol. The molecule has 7 nitrogen and oxygen atoms in total. The van der Waals surface area contributed by atoms with Crippen molar-refractivity contribution in [3.05, 3.63) is 48.0 Å². The van der Waals surface area contributed by atoms with Gasteiger partial charge in [-0.2, -0.15) is 0 Å². The van der Waals surface area contributed by atoms with E-state index in [2.05, 4.69) is 50.5 Å². The van der Waals surface area contributed by atoms with E-state index in [1.807, 2.05) is 12.3 Å². The molecule has 0 amide bonds. The number of piperidine rings is 2. The van der Waals surface area contributed by atoms with Gasteiger partial charge in [-0.15, -0.1) is 24.0 Å². The molecule has 2 saturated heterocycles. The van der Waals surface area contributed by atoms with Crippen LogP contribution in [0.2, 0.25) is 0 Å². The number of likely N-dealkylation sites (tertiary alicyclic amines) is 1. The van der Waals surface area contributed by atoms with E-state index in [4.69, 9.17) is 9.41 Å². The SMILES string of the molecule is CCNC(=NCc1ccnc(N2CCCCC2)c1)NCC(c1ccco1)N1CCCCC1.I. The molecule has 0 aromatic carbocycles. The number of furan rings is 1. The maximum atomic E-state index is 5.79. The van der Waals surface area contributed by atoms with Crippen LogP contribution < -0.4 is 15.5 Å². The summed E-state index contributed by atoms with van der Waals surface area (Å²) in [7, 11) is 0. The maximum Gasteiger partial charge on any atom is 0.191 e. The summed E-state index contributed by atoms with van der Waals surface area (Å²) in [4.78, 5) is 14.4. The van der Waals surface area contributed by atoms with E-state index in [-0.39, 0.29) is 30.0 Å². The second-order valence-electron chi connectivity index (χ2n) is 8.77. The van der Waals surface area contributed by atoms with Gasteiger partial charge in [-0.1, -0.05) is 6.42 Å². The van der Waals surface area contributed by atoms with E-state index in [9.17, 15) is 0 Å². The molecule has 182 valence electrons. The number of nitrogens with one attached hydrogen (secondary N) is 2. The summed E-state index contributed by atoms with van der Waals surface area (Å²) in [5, 5.41) is 6.96. The van der Waals surface area contributed by atoms with Crippen molar-refractivity contribution in [1.29, 1.82) is 0 Å². The minimum Gasteiger partial charge on any atom is -0.468 e. The quantitative estimate of drug-likeness (QED) is 0.278. The average molecular weight is 567 g/mol. The highest BCUT2D eigenvalue weighted by Crippen LogP contribution is 2.24. The molecule has 0 aliphatic carbocycles. The van der Waals surface area contributed by atoms with Crippen LogP contribution in [0.4, 0.5) is 5.82 Å². The molecular formula is C25H39IN6O. The normalized spacial score (nSPS) is 18.5. The molecule has 2 aliphatic heterocycles. The molecule has 8 heteroatoms. The topological polar surface area (TPSA) is 68.9 Å². The van der Waals surface area contributed by atoms with Crippen molar-refractivity contribution in [3.63, 3.8) is 0 Å². The number of rotatable bonds is 8. The van der Waals surface area contributed by atoms with E-state index in [0.717, 1.165) is 56.8 Å². The lowest BCUT2D eigenvalue weighted by Crippen LogP contribution is -2.44. The molecule has 2 aliphatic rings. The summed E-state index contributed by atoms with van der Waals surface area (Å²) < 4.78 is 5.79. The zero-order valence-electron chi connectivity index (χ0n) is 19.8. The molecule has 0 saturated carbocycles. The lowest BCUT2D eigenvalue weighted by atomic mass is 10.1. The van der Waals surface area contributed by atoms with Crippen LogP contribution in [0.1, 0.15) is 62.8 Å². The molecule has 33 heavy (non-hydrogen) atoms. The lowest BCUT2D eigenvalue weighted by molar-refractivity contribution is 0.146. The van der Waals surface area contributed by atoms with Crippen LogP contribution >= 0.6 is 24.0 Å². The Morgan fingerprint density at radius 2 is 1.82 bits per heavy atom. The summed E-state index contributed by atoms with van der Waals surface area (Å²) in [6.45, 7) is 8.79. The summed E-state index contributed by atoms with van der Waals surface area (Å²) in [5.74, 6) is 2.95. The first-order valence-corrected chi connectivity index (χ1v) is 12.3. The number of halogens is 1. The average Bonchev–Trinajstić information content (AvgIpc) is 3.39. The van der Waals surface area contributed by atoms with Gasteiger partial charge in [0.1, 0.15) is 11.6 Å². The van der Waals surface area contributed by atoms with Crippen LogP contribution in [0.25, 0.3) is 0 Å². The predicted molar refractivity (Wildman–Crippen MR) is 145 cm³/mol. The van der Waals surface area contributed by atoms with E-state index < -0.39 is 0 Å². The van der Waals surface area contributed by atoms with Crippen LogP contribution in [0.5, 0.6) is 0 Å². The molecule has 0 radical (unpaired) electrons. The molecule has 1 atom stereocenters. The summed E-state index contributed by atoms with van der Waals surface area (Å²) >= 11 is 0. The third kappa shape index (κ3) is 7.60. The zero-order chi connectivity index (χ0) is 22.0. The Morgan fingerprint density at radius 3 is 2.52 bits per heavy atom. The van der Waals surface area contributed by atoms with Crippen molar-refractivity contribution in [2.45, 2.75) is 58.0 Å². The summed E-state index contributed by atoms with van der Waals surface area (Å²) in [6, 6.07) is 8.55. The largest absolute Gasteiger partial charge is 0.468 e. The minimum absolute atomic E-state index is 0. The molecule has 2 aromatic rings. The number of aliphatic imine (C=N–C) groups is 1. The number of anilines is 1.